The molecule has 4 heterocycles. The van der Waals surface area contributed by atoms with E-state index in [-0.39, 0.29) is 5.56 Å². The van der Waals surface area contributed by atoms with Gasteiger partial charge in [0.05, 0.1) is 11.1 Å². The van der Waals surface area contributed by atoms with Gasteiger partial charge >= 0.3 is 0 Å². The van der Waals surface area contributed by atoms with Gasteiger partial charge in [0.2, 0.25) is 5.78 Å². The molecule has 8 heteroatoms. The molecule has 5 aromatic rings. The number of thioether (sulfide) groups is 1. The van der Waals surface area contributed by atoms with Crippen LogP contribution in [0.4, 0.5) is 0 Å². The van der Waals surface area contributed by atoms with Crippen LogP contribution in [0.15, 0.2) is 70.6 Å². The Kier molecular flexibility index (Phi) is 5.28. The molecule has 1 aliphatic heterocycles. The van der Waals surface area contributed by atoms with Crippen LogP contribution in [0, 0.1) is 0 Å². The third-order valence-electron chi connectivity index (χ3n) is 6.09. The van der Waals surface area contributed by atoms with Gasteiger partial charge in [0.15, 0.2) is 5.16 Å². The first kappa shape index (κ1) is 20.7. The lowest BCUT2D eigenvalue weighted by Crippen LogP contribution is -2.30. The maximum Gasteiger partial charge on any atom is 0.268 e. The number of hydrogen-bond acceptors (Lipinski definition) is 6. The largest absolute Gasteiger partial charge is 0.294 e. The Morgan fingerprint density at radius 3 is 2.55 bits per heavy atom. The topological polar surface area (TPSA) is 55.4 Å². The molecule has 3 aromatic heterocycles. The second kappa shape index (κ2) is 8.44. The minimum Gasteiger partial charge on any atom is -0.294 e. The van der Waals surface area contributed by atoms with E-state index in [4.69, 9.17) is 0 Å². The van der Waals surface area contributed by atoms with Crippen LogP contribution >= 0.6 is 23.1 Å². The number of hydrogen-bond donors (Lipinski definition) is 0. The summed E-state index contributed by atoms with van der Waals surface area (Å²) < 4.78 is 3.81. The molecular formula is C25H23N5OS2. The van der Waals surface area contributed by atoms with E-state index >= 15 is 0 Å². The first-order valence-corrected chi connectivity index (χ1v) is 12.9. The predicted octanol–water partition coefficient (Wildman–Crippen LogP) is 4.77. The van der Waals surface area contributed by atoms with E-state index in [1.807, 2.05) is 30.3 Å². The van der Waals surface area contributed by atoms with Crippen LogP contribution in [0.2, 0.25) is 0 Å². The highest BCUT2D eigenvalue weighted by Crippen LogP contribution is 2.36. The van der Waals surface area contributed by atoms with E-state index in [2.05, 4.69) is 56.8 Å². The molecule has 0 spiro atoms. The van der Waals surface area contributed by atoms with Crippen LogP contribution in [0.1, 0.15) is 22.9 Å². The summed E-state index contributed by atoms with van der Waals surface area (Å²) >= 11 is 3.38. The molecule has 6 rings (SSSR count). The average molecular weight is 474 g/mol. The van der Waals surface area contributed by atoms with Crippen LogP contribution in [0.25, 0.3) is 21.7 Å². The molecule has 0 atom stereocenters. The minimum atomic E-state index is -0.00171. The first-order chi connectivity index (χ1) is 16.2. The summed E-state index contributed by atoms with van der Waals surface area (Å²) in [5.74, 6) is 1.47. The van der Waals surface area contributed by atoms with Gasteiger partial charge in [-0.25, -0.2) is 8.97 Å². The van der Waals surface area contributed by atoms with Gasteiger partial charge in [0.25, 0.3) is 5.56 Å². The van der Waals surface area contributed by atoms with E-state index in [1.165, 1.54) is 16.0 Å². The quantitative estimate of drug-likeness (QED) is 0.344. The maximum atomic E-state index is 13.9. The normalized spacial score (nSPS) is 14.2. The number of thiophene rings is 1. The average Bonchev–Trinajstić information content (AvgIpc) is 3.42. The van der Waals surface area contributed by atoms with Gasteiger partial charge in [-0.15, -0.1) is 21.5 Å². The lowest BCUT2D eigenvalue weighted by molar-refractivity contribution is 0.249. The third kappa shape index (κ3) is 3.49. The number of aromatic nitrogens is 4. The second-order valence-electron chi connectivity index (χ2n) is 8.16. The van der Waals surface area contributed by atoms with Crippen LogP contribution < -0.4 is 5.56 Å². The number of para-hydroxylation sites is 1. The fourth-order valence-corrected chi connectivity index (χ4v) is 6.71. The van der Waals surface area contributed by atoms with Crippen molar-refractivity contribution >= 4 is 39.1 Å². The highest BCUT2D eigenvalue weighted by atomic mass is 32.2. The molecule has 0 fully saturated rings. The Bertz CT molecular complexity index is 1500. The first-order valence-electron chi connectivity index (χ1n) is 11.1. The van der Waals surface area contributed by atoms with Crippen molar-refractivity contribution < 1.29 is 0 Å². The van der Waals surface area contributed by atoms with E-state index < -0.39 is 0 Å². The van der Waals surface area contributed by atoms with Crippen molar-refractivity contribution in [3.8, 4) is 5.69 Å². The van der Waals surface area contributed by atoms with Crippen molar-refractivity contribution in [2.75, 3.05) is 12.3 Å². The number of benzene rings is 2. The van der Waals surface area contributed by atoms with Crippen LogP contribution in [-0.4, -0.2) is 36.4 Å². The molecule has 0 bridgehead atoms. The summed E-state index contributed by atoms with van der Waals surface area (Å²) in [6, 6.07) is 20.3. The van der Waals surface area contributed by atoms with Gasteiger partial charge in [-0.1, -0.05) is 67.2 Å². The highest BCUT2D eigenvalue weighted by molar-refractivity contribution is 7.99. The molecule has 166 valence electrons. The smallest absolute Gasteiger partial charge is 0.268 e. The Balaban J connectivity index is 1.54. The zero-order chi connectivity index (χ0) is 22.4. The number of rotatable bonds is 5. The SMILES string of the molecule is CCSc1nnc2n(-c3ccccc3)c(=O)c3c4c(sc3n12)CN(Cc1ccccc1)CC4. The van der Waals surface area contributed by atoms with Gasteiger partial charge < -0.3 is 0 Å². The molecule has 1 aliphatic rings. The third-order valence-corrected chi connectivity index (χ3v) is 8.10. The van der Waals surface area contributed by atoms with Crippen molar-refractivity contribution in [2.45, 2.75) is 31.6 Å². The van der Waals surface area contributed by atoms with Crippen LogP contribution in [0.3, 0.4) is 0 Å². The molecule has 0 N–H and O–H groups in total. The maximum absolute atomic E-state index is 13.9. The number of nitrogens with zero attached hydrogens (tertiary/aromatic N) is 5. The van der Waals surface area contributed by atoms with Crippen molar-refractivity contribution in [1.29, 1.82) is 0 Å². The van der Waals surface area contributed by atoms with E-state index in [0.717, 1.165) is 52.9 Å². The fourth-order valence-electron chi connectivity index (χ4n) is 4.62. The van der Waals surface area contributed by atoms with Gasteiger partial charge in [0, 0.05) is 24.5 Å². The molecule has 0 saturated carbocycles. The van der Waals surface area contributed by atoms with E-state index in [9.17, 15) is 4.79 Å². The highest BCUT2D eigenvalue weighted by Gasteiger charge is 2.27. The zero-order valence-corrected chi connectivity index (χ0v) is 19.9. The van der Waals surface area contributed by atoms with E-state index in [1.54, 1.807) is 27.7 Å². The Labute approximate surface area is 199 Å². The molecule has 0 aliphatic carbocycles. The lowest BCUT2D eigenvalue weighted by Gasteiger charge is -2.26. The summed E-state index contributed by atoms with van der Waals surface area (Å²) in [5, 5.41) is 10.6. The van der Waals surface area contributed by atoms with Crippen molar-refractivity contribution in [3.63, 3.8) is 0 Å². The Hall–Kier alpha value is -2.94. The summed E-state index contributed by atoms with van der Waals surface area (Å²) in [7, 11) is 0. The summed E-state index contributed by atoms with van der Waals surface area (Å²) in [5.41, 5.74) is 3.32. The molecule has 0 saturated heterocycles. The molecule has 2 aromatic carbocycles. The number of fused-ring (bicyclic) bond motifs is 5. The van der Waals surface area contributed by atoms with E-state index in [0.29, 0.717) is 5.78 Å². The summed E-state index contributed by atoms with van der Waals surface area (Å²) in [6.07, 6.45) is 0.871. The molecule has 0 radical (unpaired) electrons. The molecule has 0 amide bonds. The Morgan fingerprint density at radius 1 is 1.03 bits per heavy atom. The van der Waals surface area contributed by atoms with Crippen molar-refractivity contribution in [1.82, 2.24) is 24.1 Å². The minimum absolute atomic E-state index is 0.00171. The van der Waals surface area contributed by atoms with Crippen LogP contribution in [-0.2, 0) is 19.5 Å². The Morgan fingerprint density at radius 2 is 1.79 bits per heavy atom. The summed E-state index contributed by atoms with van der Waals surface area (Å²) in [6.45, 7) is 4.82. The molecular weight excluding hydrogens is 450 g/mol. The predicted molar refractivity (Wildman–Crippen MR) is 135 cm³/mol. The second-order valence-corrected chi connectivity index (χ2v) is 10.5. The molecule has 0 unspecified atom stereocenters. The standard InChI is InChI=1S/C25H23N5OS2/c1-2-32-25-27-26-24-29(18-11-7-4-8-12-18)22(31)21-19-13-14-28(15-17-9-5-3-6-10-17)16-20(19)33-23(21)30(24)25/h3-12H,2,13-16H2,1H3. The molecule has 33 heavy (non-hydrogen) atoms. The van der Waals surface area contributed by atoms with Gasteiger partial charge in [-0.3, -0.25) is 9.69 Å². The van der Waals surface area contributed by atoms with Gasteiger partial charge in [0.1, 0.15) is 4.83 Å². The molecule has 6 nitrogen and oxygen atoms in total. The van der Waals surface area contributed by atoms with Gasteiger partial charge in [-0.05, 0) is 35.4 Å². The zero-order valence-electron chi connectivity index (χ0n) is 18.3. The lowest BCUT2D eigenvalue weighted by atomic mass is 10.0. The van der Waals surface area contributed by atoms with Crippen molar-refractivity contribution in [2.24, 2.45) is 0 Å². The fraction of sp³-hybridized carbons (Fsp3) is 0.240. The van der Waals surface area contributed by atoms with Gasteiger partial charge in [-0.2, -0.15) is 0 Å². The van der Waals surface area contributed by atoms with Crippen LogP contribution in [0.5, 0.6) is 0 Å². The van der Waals surface area contributed by atoms with Crippen molar-refractivity contribution in [3.05, 3.63) is 87.0 Å². The monoisotopic (exact) mass is 473 g/mol. The summed E-state index contributed by atoms with van der Waals surface area (Å²) in [4.78, 5) is 18.6.